The molecule has 4 unspecified atom stereocenters. The van der Waals surface area contributed by atoms with Gasteiger partial charge in [-0.15, -0.1) is 0 Å². The van der Waals surface area contributed by atoms with Crippen LogP contribution >= 0.6 is 0 Å². The monoisotopic (exact) mass is 524 g/mol. The Labute approximate surface area is 224 Å². The number of fused-ring (bicyclic) bond motifs is 3. The number of hydrogen-bond donors (Lipinski definition) is 3. The Bertz CT molecular complexity index is 1040. The van der Waals surface area contributed by atoms with Gasteiger partial charge >= 0.3 is 6.03 Å². The zero-order valence-electron chi connectivity index (χ0n) is 22.4. The average Bonchev–Trinajstić information content (AvgIpc) is 3.53. The minimum Gasteiger partial charge on any atom is -0.356 e. The maximum atomic E-state index is 13.8. The summed E-state index contributed by atoms with van der Waals surface area (Å²) < 4.78 is 0. The molecule has 38 heavy (non-hydrogen) atoms. The molecule has 2 saturated heterocycles. The first-order valence-electron chi connectivity index (χ1n) is 14.1. The Kier molecular flexibility index (Phi) is 7.88. The van der Waals surface area contributed by atoms with Crippen molar-refractivity contribution < 1.29 is 19.2 Å². The molecule has 5 amide bonds. The lowest BCUT2D eigenvalue weighted by Crippen LogP contribution is -2.66. The summed E-state index contributed by atoms with van der Waals surface area (Å²) in [4.78, 5) is 56.7. The Morgan fingerprint density at radius 2 is 1.79 bits per heavy atom. The number of nitrogens with one attached hydrogen (secondary N) is 3. The van der Waals surface area contributed by atoms with Gasteiger partial charge in [-0.05, 0) is 43.6 Å². The predicted molar refractivity (Wildman–Crippen MR) is 141 cm³/mol. The van der Waals surface area contributed by atoms with Crippen molar-refractivity contribution in [3.05, 3.63) is 35.9 Å². The number of hydrogen-bond acceptors (Lipinski definition) is 5. The van der Waals surface area contributed by atoms with Crippen LogP contribution in [0.2, 0.25) is 0 Å². The molecule has 0 aromatic heterocycles. The van der Waals surface area contributed by atoms with Crippen LogP contribution in [0.1, 0.15) is 64.4 Å². The molecule has 2 aliphatic carbocycles. The third kappa shape index (κ3) is 5.50. The largest absolute Gasteiger partial charge is 0.356 e. The van der Waals surface area contributed by atoms with E-state index in [0.717, 1.165) is 31.2 Å². The second kappa shape index (κ2) is 11.3. The van der Waals surface area contributed by atoms with E-state index in [2.05, 4.69) is 29.9 Å². The second-order valence-corrected chi connectivity index (χ2v) is 11.6. The number of amides is 5. The summed E-state index contributed by atoms with van der Waals surface area (Å²) in [5.74, 6) is -0.516. The predicted octanol–water partition coefficient (Wildman–Crippen LogP) is 2.17. The molecule has 0 bridgehead atoms. The number of hydrazine groups is 1. The van der Waals surface area contributed by atoms with E-state index in [1.165, 1.54) is 5.01 Å². The van der Waals surface area contributed by atoms with E-state index in [0.29, 0.717) is 38.3 Å². The highest BCUT2D eigenvalue weighted by molar-refractivity contribution is 5.89. The molecule has 5 rings (SSSR count). The highest BCUT2D eigenvalue weighted by Crippen LogP contribution is 2.41. The van der Waals surface area contributed by atoms with Crippen molar-refractivity contribution in [3.63, 3.8) is 0 Å². The standard InChI is InChI=1S/C28H40N6O4/c1-18(2)15-29-25(36)20-12-13-22-23(14-20)34-27(32(26(22)37)16-19-8-4-3-5-9-19)31-33(28(34)38)17-24(35)30-21-10-6-7-11-21/h3-5,8-9,18,20-23,27,31H,6-7,10-17H2,1-2H3,(H,29,36)(H,30,35). The van der Waals surface area contributed by atoms with E-state index in [-0.39, 0.29) is 48.2 Å². The summed E-state index contributed by atoms with van der Waals surface area (Å²) in [6, 6.07) is 9.15. The van der Waals surface area contributed by atoms with Crippen LogP contribution in [0.25, 0.3) is 0 Å². The van der Waals surface area contributed by atoms with Crippen LogP contribution in [0, 0.1) is 17.8 Å². The SMILES string of the molecule is CC(C)CNC(=O)C1CCC2C(=O)N(Cc3ccccc3)C3NN(CC(=O)NC4CCCC4)C(=O)N3C2C1. The van der Waals surface area contributed by atoms with Crippen LogP contribution in [0.5, 0.6) is 0 Å². The number of nitrogens with zero attached hydrogens (tertiary/aromatic N) is 3. The van der Waals surface area contributed by atoms with E-state index in [1.807, 2.05) is 30.3 Å². The molecule has 4 aliphatic rings. The Morgan fingerprint density at radius 1 is 1.05 bits per heavy atom. The quantitative estimate of drug-likeness (QED) is 0.482. The third-order valence-corrected chi connectivity index (χ3v) is 8.33. The van der Waals surface area contributed by atoms with Crippen LogP contribution in [0.4, 0.5) is 4.79 Å². The Morgan fingerprint density at radius 3 is 2.50 bits per heavy atom. The fourth-order valence-electron chi connectivity index (χ4n) is 6.35. The van der Waals surface area contributed by atoms with Crippen molar-refractivity contribution in [1.82, 2.24) is 30.9 Å². The molecule has 2 aliphatic heterocycles. The molecule has 0 radical (unpaired) electrons. The summed E-state index contributed by atoms with van der Waals surface area (Å²) in [5.41, 5.74) is 4.14. The number of carbonyl (C=O) groups excluding carboxylic acids is 4. The molecule has 1 aromatic carbocycles. The molecular weight excluding hydrogens is 484 g/mol. The van der Waals surface area contributed by atoms with E-state index in [4.69, 9.17) is 0 Å². The highest BCUT2D eigenvalue weighted by atomic mass is 16.2. The summed E-state index contributed by atoms with van der Waals surface area (Å²) in [7, 11) is 0. The Hall–Kier alpha value is -3.14. The first-order valence-corrected chi connectivity index (χ1v) is 14.1. The van der Waals surface area contributed by atoms with Crippen molar-refractivity contribution in [2.24, 2.45) is 17.8 Å². The van der Waals surface area contributed by atoms with Gasteiger partial charge in [0.05, 0.1) is 5.92 Å². The Balaban J connectivity index is 1.35. The number of benzene rings is 1. The number of rotatable bonds is 8. The average molecular weight is 525 g/mol. The van der Waals surface area contributed by atoms with Crippen LogP contribution in [0.15, 0.2) is 30.3 Å². The van der Waals surface area contributed by atoms with Gasteiger partial charge in [0.25, 0.3) is 0 Å². The molecular formula is C28H40N6O4. The third-order valence-electron chi connectivity index (χ3n) is 8.33. The molecule has 0 spiro atoms. The molecule has 2 heterocycles. The lowest BCUT2D eigenvalue weighted by Gasteiger charge is -2.49. The maximum absolute atomic E-state index is 13.8. The zero-order chi connectivity index (χ0) is 26.8. The summed E-state index contributed by atoms with van der Waals surface area (Å²) >= 11 is 0. The summed E-state index contributed by atoms with van der Waals surface area (Å²) in [5, 5.41) is 7.41. The molecule has 4 fully saturated rings. The van der Waals surface area contributed by atoms with Gasteiger partial charge in [0.15, 0.2) is 6.29 Å². The van der Waals surface area contributed by atoms with Gasteiger partial charge in [-0.1, -0.05) is 57.0 Å². The van der Waals surface area contributed by atoms with E-state index < -0.39 is 12.3 Å². The van der Waals surface area contributed by atoms with Crippen molar-refractivity contribution in [2.75, 3.05) is 13.1 Å². The highest BCUT2D eigenvalue weighted by Gasteiger charge is 2.56. The lowest BCUT2D eigenvalue weighted by atomic mass is 9.75. The molecule has 10 nitrogen and oxygen atoms in total. The van der Waals surface area contributed by atoms with Gasteiger partial charge in [-0.3, -0.25) is 19.3 Å². The van der Waals surface area contributed by atoms with Gasteiger partial charge < -0.3 is 15.5 Å². The number of carbonyl (C=O) groups is 4. The van der Waals surface area contributed by atoms with Crippen molar-refractivity contribution in [3.8, 4) is 0 Å². The minimum atomic E-state index is -0.701. The van der Waals surface area contributed by atoms with Gasteiger partial charge in [-0.25, -0.2) is 9.80 Å². The van der Waals surface area contributed by atoms with Gasteiger partial charge in [0.2, 0.25) is 17.7 Å². The van der Waals surface area contributed by atoms with Gasteiger partial charge in [0.1, 0.15) is 6.54 Å². The fourth-order valence-corrected chi connectivity index (χ4v) is 6.35. The zero-order valence-corrected chi connectivity index (χ0v) is 22.4. The minimum absolute atomic E-state index is 0.0136. The van der Waals surface area contributed by atoms with Crippen molar-refractivity contribution >= 4 is 23.8 Å². The molecule has 3 N–H and O–H groups in total. The first-order chi connectivity index (χ1) is 18.3. The summed E-state index contributed by atoms with van der Waals surface area (Å²) in [6.45, 7) is 4.93. The van der Waals surface area contributed by atoms with Gasteiger partial charge in [-0.2, -0.15) is 5.43 Å². The number of urea groups is 1. The molecule has 206 valence electrons. The van der Waals surface area contributed by atoms with Crippen LogP contribution in [-0.4, -0.2) is 70.0 Å². The second-order valence-electron chi connectivity index (χ2n) is 11.6. The molecule has 10 heteroatoms. The van der Waals surface area contributed by atoms with E-state index in [1.54, 1.807) is 9.80 Å². The molecule has 4 atom stereocenters. The molecule has 2 saturated carbocycles. The molecule has 1 aromatic rings. The van der Waals surface area contributed by atoms with Crippen LogP contribution < -0.4 is 16.1 Å². The smallest absolute Gasteiger partial charge is 0.337 e. The van der Waals surface area contributed by atoms with Crippen molar-refractivity contribution in [2.45, 2.75) is 83.7 Å². The first kappa shape index (κ1) is 26.5. The normalized spacial score (nSPS) is 27.5. The van der Waals surface area contributed by atoms with Gasteiger partial charge in [0, 0.05) is 31.1 Å². The maximum Gasteiger partial charge on any atom is 0.337 e. The van der Waals surface area contributed by atoms with Crippen molar-refractivity contribution in [1.29, 1.82) is 0 Å². The topological polar surface area (TPSA) is 114 Å². The van der Waals surface area contributed by atoms with Crippen LogP contribution in [0.3, 0.4) is 0 Å². The lowest BCUT2D eigenvalue weighted by molar-refractivity contribution is -0.159. The fraction of sp³-hybridized carbons (Fsp3) is 0.643. The van der Waals surface area contributed by atoms with Crippen LogP contribution in [-0.2, 0) is 20.9 Å². The van der Waals surface area contributed by atoms with E-state index in [9.17, 15) is 19.2 Å². The summed E-state index contributed by atoms with van der Waals surface area (Å²) in [6.07, 6.45) is 5.03. The van der Waals surface area contributed by atoms with E-state index >= 15 is 0 Å².